The molecule has 4 nitrogen and oxygen atoms in total. The van der Waals surface area contributed by atoms with Gasteiger partial charge in [-0.1, -0.05) is 48.5 Å². The van der Waals surface area contributed by atoms with Gasteiger partial charge in [0.05, 0.1) is 25.9 Å². The molecule has 2 aromatic carbocycles. The van der Waals surface area contributed by atoms with Gasteiger partial charge in [-0.15, -0.1) is 0 Å². The fourth-order valence-corrected chi connectivity index (χ4v) is 3.19. The summed E-state index contributed by atoms with van der Waals surface area (Å²) in [6.45, 7) is 1.30. The monoisotopic (exact) mass is 325 g/mol. The second kappa shape index (κ2) is 8.08. The molecule has 0 radical (unpaired) electrons. The number of hydrogen-bond acceptors (Lipinski definition) is 4. The Morgan fingerprint density at radius 3 is 2.62 bits per heavy atom. The first kappa shape index (κ1) is 16.7. The Bertz CT molecular complexity index is 672. The predicted molar refractivity (Wildman–Crippen MR) is 92.8 cm³/mol. The van der Waals surface area contributed by atoms with Crippen molar-refractivity contribution >= 4 is 5.97 Å². The van der Waals surface area contributed by atoms with Crippen LogP contribution in [0.5, 0.6) is 0 Å². The van der Waals surface area contributed by atoms with Crippen molar-refractivity contribution in [2.45, 2.75) is 31.5 Å². The van der Waals surface area contributed by atoms with Gasteiger partial charge in [0, 0.05) is 12.1 Å². The van der Waals surface area contributed by atoms with E-state index in [1.165, 1.54) is 12.7 Å². The zero-order valence-electron chi connectivity index (χ0n) is 13.9. The molecule has 0 aromatic heterocycles. The van der Waals surface area contributed by atoms with Gasteiger partial charge in [-0.25, -0.2) is 4.79 Å². The van der Waals surface area contributed by atoms with Gasteiger partial charge >= 0.3 is 5.97 Å². The minimum Gasteiger partial charge on any atom is -0.465 e. The van der Waals surface area contributed by atoms with E-state index in [2.05, 4.69) is 17.4 Å². The third-order valence-corrected chi connectivity index (χ3v) is 4.41. The van der Waals surface area contributed by atoms with Gasteiger partial charge in [0.1, 0.15) is 0 Å². The van der Waals surface area contributed by atoms with Gasteiger partial charge in [-0.05, 0) is 30.0 Å². The number of methoxy groups -OCH3 is 1. The van der Waals surface area contributed by atoms with Crippen molar-refractivity contribution in [2.75, 3.05) is 13.7 Å². The average molecular weight is 325 g/mol. The van der Waals surface area contributed by atoms with Crippen molar-refractivity contribution < 1.29 is 14.3 Å². The SMILES string of the molecule is COC(=O)c1ccccc1[C@@H]1CC[C@@H](COCc2ccccc2)N1. The zero-order valence-corrected chi connectivity index (χ0v) is 13.9. The smallest absolute Gasteiger partial charge is 0.338 e. The van der Waals surface area contributed by atoms with Crippen molar-refractivity contribution in [3.05, 3.63) is 71.3 Å². The van der Waals surface area contributed by atoms with E-state index in [1.807, 2.05) is 42.5 Å². The third kappa shape index (κ3) is 4.02. The number of carbonyl (C=O) groups excluding carboxylic acids is 1. The van der Waals surface area contributed by atoms with E-state index in [1.54, 1.807) is 0 Å². The second-order valence-electron chi connectivity index (χ2n) is 6.07. The van der Waals surface area contributed by atoms with Crippen LogP contribution < -0.4 is 5.32 Å². The Morgan fingerprint density at radius 1 is 1.08 bits per heavy atom. The molecule has 1 heterocycles. The lowest BCUT2D eigenvalue weighted by Gasteiger charge is -2.17. The van der Waals surface area contributed by atoms with E-state index in [0.717, 1.165) is 18.4 Å². The Kier molecular flexibility index (Phi) is 5.62. The molecule has 126 valence electrons. The standard InChI is InChI=1S/C20H23NO3/c1-23-20(22)18-10-6-5-9-17(18)19-12-11-16(21-19)14-24-13-15-7-3-2-4-8-15/h2-10,16,19,21H,11-14H2,1H3/t16-,19-/m0/s1. The van der Waals surface area contributed by atoms with Gasteiger partial charge in [-0.2, -0.15) is 0 Å². The second-order valence-corrected chi connectivity index (χ2v) is 6.07. The van der Waals surface area contributed by atoms with E-state index in [0.29, 0.717) is 24.8 Å². The minimum absolute atomic E-state index is 0.172. The van der Waals surface area contributed by atoms with Crippen molar-refractivity contribution in [3.8, 4) is 0 Å². The highest BCUT2D eigenvalue weighted by molar-refractivity contribution is 5.91. The van der Waals surface area contributed by atoms with Gasteiger partial charge in [0.2, 0.25) is 0 Å². The Morgan fingerprint density at radius 2 is 1.83 bits per heavy atom. The first-order valence-corrected chi connectivity index (χ1v) is 8.33. The van der Waals surface area contributed by atoms with Crippen LogP contribution in [-0.2, 0) is 16.1 Å². The first-order chi connectivity index (χ1) is 11.8. The summed E-state index contributed by atoms with van der Waals surface area (Å²) in [5.41, 5.74) is 2.83. The average Bonchev–Trinajstić information content (AvgIpc) is 3.11. The van der Waals surface area contributed by atoms with Gasteiger partial charge in [-0.3, -0.25) is 0 Å². The number of carbonyl (C=O) groups is 1. The molecule has 0 bridgehead atoms. The number of esters is 1. The molecule has 0 aliphatic carbocycles. The summed E-state index contributed by atoms with van der Waals surface area (Å²) >= 11 is 0. The molecule has 4 heteroatoms. The van der Waals surface area contributed by atoms with E-state index >= 15 is 0 Å². The van der Waals surface area contributed by atoms with Gasteiger partial charge in [0.25, 0.3) is 0 Å². The van der Waals surface area contributed by atoms with Crippen LogP contribution in [-0.4, -0.2) is 25.7 Å². The minimum atomic E-state index is -0.281. The van der Waals surface area contributed by atoms with Crippen LogP contribution in [0.3, 0.4) is 0 Å². The lowest BCUT2D eigenvalue weighted by Crippen LogP contribution is -2.29. The lowest BCUT2D eigenvalue weighted by molar-refractivity contribution is 0.0598. The molecule has 1 fully saturated rings. The zero-order chi connectivity index (χ0) is 16.8. The van der Waals surface area contributed by atoms with Crippen molar-refractivity contribution in [1.29, 1.82) is 0 Å². The van der Waals surface area contributed by atoms with Crippen LogP contribution in [0.1, 0.15) is 40.4 Å². The summed E-state index contributed by atoms with van der Waals surface area (Å²) < 4.78 is 10.7. The molecule has 1 aliphatic heterocycles. The van der Waals surface area contributed by atoms with E-state index in [4.69, 9.17) is 9.47 Å². The molecular weight excluding hydrogens is 302 g/mol. The van der Waals surface area contributed by atoms with Crippen LogP contribution in [0.15, 0.2) is 54.6 Å². The maximum absolute atomic E-state index is 11.9. The fraction of sp³-hybridized carbons (Fsp3) is 0.350. The highest BCUT2D eigenvalue weighted by atomic mass is 16.5. The van der Waals surface area contributed by atoms with Crippen LogP contribution in [0.4, 0.5) is 0 Å². The lowest BCUT2D eigenvalue weighted by atomic mass is 9.99. The number of ether oxygens (including phenoxy) is 2. The molecule has 0 spiro atoms. The number of hydrogen-bond donors (Lipinski definition) is 1. The Balaban J connectivity index is 1.55. The molecule has 1 saturated heterocycles. The van der Waals surface area contributed by atoms with Crippen molar-refractivity contribution in [3.63, 3.8) is 0 Å². The van der Waals surface area contributed by atoms with Crippen LogP contribution >= 0.6 is 0 Å². The first-order valence-electron chi connectivity index (χ1n) is 8.33. The Hall–Kier alpha value is -2.17. The summed E-state index contributed by atoms with van der Waals surface area (Å²) in [7, 11) is 1.42. The van der Waals surface area contributed by atoms with E-state index < -0.39 is 0 Å². The fourth-order valence-electron chi connectivity index (χ4n) is 3.19. The molecule has 2 aromatic rings. The summed E-state index contributed by atoms with van der Waals surface area (Å²) in [5.74, 6) is -0.281. The Labute approximate surface area is 142 Å². The normalized spacial score (nSPS) is 20.0. The summed E-state index contributed by atoms with van der Waals surface area (Å²) in [5, 5.41) is 3.58. The van der Waals surface area contributed by atoms with E-state index in [-0.39, 0.29) is 12.0 Å². The van der Waals surface area contributed by atoms with Crippen molar-refractivity contribution in [1.82, 2.24) is 5.32 Å². The highest BCUT2D eigenvalue weighted by Gasteiger charge is 2.28. The maximum atomic E-state index is 11.9. The van der Waals surface area contributed by atoms with E-state index in [9.17, 15) is 4.79 Å². The van der Waals surface area contributed by atoms with Crippen LogP contribution in [0.25, 0.3) is 0 Å². The summed E-state index contributed by atoms with van der Waals surface area (Å²) in [4.78, 5) is 11.9. The largest absolute Gasteiger partial charge is 0.465 e. The topological polar surface area (TPSA) is 47.6 Å². The molecule has 1 N–H and O–H groups in total. The van der Waals surface area contributed by atoms with Crippen LogP contribution in [0, 0.1) is 0 Å². The van der Waals surface area contributed by atoms with Crippen molar-refractivity contribution in [2.24, 2.45) is 0 Å². The molecule has 0 amide bonds. The molecule has 3 rings (SSSR count). The predicted octanol–water partition coefficient (Wildman–Crippen LogP) is 3.48. The summed E-state index contributed by atoms with van der Waals surface area (Å²) in [6, 6.07) is 18.3. The maximum Gasteiger partial charge on any atom is 0.338 e. The molecule has 1 aliphatic rings. The molecule has 0 saturated carbocycles. The molecule has 2 atom stereocenters. The highest BCUT2D eigenvalue weighted by Crippen LogP contribution is 2.29. The molecule has 0 unspecified atom stereocenters. The molecular formula is C20H23NO3. The van der Waals surface area contributed by atoms with Gasteiger partial charge in [0.15, 0.2) is 0 Å². The quantitative estimate of drug-likeness (QED) is 0.826. The number of rotatable bonds is 6. The number of nitrogens with one attached hydrogen (secondary N) is 1. The molecule has 24 heavy (non-hydrogen) atoms. The van der Waals surface area contributed by atoms with Crippen LogP contribution in [0.2, 0.25) is 0 Å². The van der Waals surface area contributed by atoms with Gasteiger partial charge < -0.3 is 14.8 Å². The summed E-state index contributed by atoms with van der Waals surface area (Å²) in [6.07, 6.45) is 2.03. The number of benzene rings is 2. The third-order valence-electron chi connectivity index (χ3n) is 4.41.